The van der Waals surface area contributed by atoms with Crippen molar-refractivity contribution >= 4 is 5.91 Å². The Morgan fingerprint density at radius 1 is 1.33 bits per heavy atom. The Kier molecular flexibility index (Phi) is 3.64. The topological polar surface area (TPSA) is 85.2 Å². The zero-order valence-corrected chi connectivity index (χ0v) is 13.9. The van der Waals surface area contributed by atoms with E-state index < -0.39 is 5.54 Å². The second-order valence-electron chi connectivity index (χ2n) is 7.03. The lowest BCUT2D eigenvalue weighted by atomic mass is 9.77. The third-order valence-corrected chi connectivity index (χ3v) is 5.22. The highest BCUT2D eigenvalue weighted by Gasteiger charge is 2.41. The molecule has 1 aromatic heterocycles. The average Bonchev–Trinajstić information content (AvgIpc) is 3.15. The zero-order chi connectivity index (χ0) is 16.7. The van der Waals surface area contributed by atoms with Crippen molar-refractivity contribution in [1.29, 1.82) is 0 Å². The van der Waals surface area contributed by atoms with Crippen LogP contribution < -0.4 is 5.73 Å². The van der Waals surface area contributed by atoms with Crippen molar-refractivity contribution in [3.63, 3.8) is 0 Å². The maximum absolute atomic E-state index is 12.3. The molecular weight excluding hydrogens is 304 g/mol. The number of rotatable bonds is 4. The first-order valence-electron chi connectivity index (χ1n) is 8.53. The highest BCUT2D eigenvalue weighted by atomic mass is 16.5. The molecule has 6 heteroatoms. The number of benzene rings is 1. The predicted octanol–water partition coefficient (Wildman–Crippen LogP) is 2.58. The summed E-state index contributed by atoms with van der Waals surface area (Å²) in [4.78, 5) is 18.7. The molecule has 2 aromatic rings. The number of amides is 1. The number of aromatic nitrogens is 2. The van der Waals surface area contributed by atoms with Gasteiger partial charge in [0.05, 0.1) is 5.54 Å². The molecule has 126 valence electrons. The molecule has 2 fully saturated rings. The fraction of sp³-hybridized carbons (Fsp3) is 0.500. The van der Waals surface area contributed by atoms with Crippen LogP contribution in [0.25, 0.3) is 0 Å². The van der Waals surface area contributed by atoms with Crippen LogP contribution in [0.3, 0.4) is 0 Å². The van der Waals surface area contributed by atoms with Crippen LogP contribution in [0.15, 0.2) is 28.8 Å². The Hall–Kier alpha value is -2.21. The molecule has 1 aromatic carbocycles. The number of nitrogens with zero attached hydrogens (tertiary/aromatic N) is 3. The van der Waals surface area contributed by atoms with Gasteiger partial charge in [-0.3, -0.25) is 4.79 Å². The molecule has 6 nitrogen and oxygen atoms in total. The summed E-state index contributed by atoms with van der Waals surface area (Å²) in [5.74, 6) is 1.23. The quantitative estimate of drug-likeness (QED) is 0.933. The van der Waals surface area contributed by atoms with Crippen molar-refractivity contribution in [2.45, 2.75) is 57.2 Å². The van der Waals surface area contributed by atoms with Crippen LogP contribution in [-0.4, -0.2) is 20.9 Å². The van der Waals surface area contributed by atoms with Gasteiger partial charge in [0.1, 0.15) is 6.04 Å². The summed E-state index contributed by atoms with van der Waals surface area (Å²) in [5.41, 5.74) is 8.15. The van der Waals surface area contributed by atoms with Crippen LogP contribution in [0.4, 0.5) is 0 Å². The van der Waals surface area contributed by atoms with Crippen LogP contribution in [0.5, 0.6) is 0 Å². The van der Waals surface area contributed by atoms with Crippen LogP contribution >= 0.6 is 0 Å². The average molecular weight is 326 g/mol. The number of hydrogen-bond acceptors (Lipinski definition) is 5. The lowest BCUT2D eigenvalue weighted by Crippen LogP contribution is -2.44. The third kappa shape index (κ3) is 2.60. The number of carbonyl (C=O) groups is 1. The first-order chi connectivity index (χ1) is 11.5. The molecule has 0 radical (unpaired) electrons. The molecule has 1 saturated heterocycles. The van der Waals surface area contributed by atoms with Gasteiger partial charge in [0, 0.05) is 13.0 Å². The number of nitrogens with two attached hydrogens (primary N) is 1. The van der Waals surface area contributed by atoms with Gasteiger partial charge in [-0.2, -0.15) is 4.98 Å². The van der Waals surface area contributed by atoms with Crippen molar-refractivity contribution < 1.29 is 9.32 Å². The standard InChI is InChI=1S/C18H22N4O2/c1-12-3-5-13(6-4-12)11-22-14(7-8-15(22)23)16-20-17(21-24-16)18(19)9-2-10-18/h3-6,14H,2,7-11,19H2,1H3. The summed E-state index contributed by atoms with van der Waals surface area (Å²) in [6.07, 6.45) is 4.11. The first kappa shape index (κ1) is 15.3. The number of hydrogen-bond donors (Lipinski definition) is 1. The van der Waals surface area contributed by atoms with Crippen LogP contribution in [0.1, 0.15) is 61.0 Å². The van der Waals surface area contributed by atoms with Crippen molar-refractivity contribution in [3.8, 4) is 0 Å². The number of likely N-dealkylation sites (tertiary alicyclic amines) is 1. The van der Waals surface area contributed by atoms with Gasteiger partial charge in [-0.25, -0.2) is 0 Å². The normalized spacial score (nSPS) is 22.7. The summed E-state index contributed by atoms with van der Waals surface area (Å²) >= 11 is 0. The first-order valence-corrected chi connectivity index (χ1v) is 8.53. The second kappa shape index (κ2) is 5.70. The lowest BCUT2D eigenvalue weighted by molar-refractivity contribution is -0.129. The highest BCUT2D eigenvalue weighted by Crippen LogP contribution is 2.39. The van der Waals surface area contributed by atoms with Gasteiger partial charge >= 0.3 is 0 Å². The maximum Gasteiger partial charge on any atom is 0.249 e. The fourth-order valence-electron chi connectivity index (χ4n) is 3.43. The van der Waals surface area contributed by atoms with E-state index in [1.807, 2.05) is 4.90 Å². The number of carbonyl (C=O) groups excluding carboxylic acids is 1. The molecule has 1 saturated carbocycles. The molecule has 0 bridgehead atoms. The largest absolute Gasteiger partial charge is 0.337 e. The molecule has 1 aliphatic heterocycles. The maximum atomic E-state index is 12.3. The summed E-state index contributed by atoms with van der Waals surface area (Å²) in [6, 6.07) is 8.08. The van der Waals surface area contributed by atoms with E-state index in [9.17, 15) is 4.79 Å². The Morgan fingerprint density at radius 2 is 2.08 bits per heavy atom. The monoisotopic (exact) mass is 326 g/mol. The van der Waals surface area contributed by atoms with Crippen molar-refractivity contribution in [3.05, 3.63) is 47.1 Å². The van der Waals surface area contributed by atoms with Crippen LogP contribution in [0.2, 0.25) is 0 Å². The van der Waals surface area contributed by atoms with Crippen molar-refractivity contribution in [1.82, 2.24) is 15.0 Å². The van der Waals surface area contributed by atoms with Crippen LogP contribution in [-0.2, 0) is 16.9 Å². The lowest BCUT2D eigenvalue weighted by Gasteiger charge is -2.34. The minimum Gasteiger partial charge on any atom is -0.337 e. The molecular formula is C18H22N4O2. The van der Waals surface area contributed by atoms with Gasteiger partial charge in [-0.05, 0) is 38.2 Å². The summed E-state index contributed by atoms with van der Waals surface area (Å²) < 4.78 is 5.47. The van der Waals surface area contributed by atoms with Gasteiger partial charge < -0.3 is 15.2 Å². The molecule has 2 heterocycles. The van der Waals surface area contributed by atoms with Gasteiger partial charge in [0.2, 0.25) is 11.8 Å². The Morgan fingerprint density at radius 3 is 2.75 bits per heavy atom. The van der Waals surface area contributed by atoms with E-state index in [0.29, 0.717) is 31.1 Å². The fourth-order valence-corrected chi connectivity index (χ4v) is 3.43. The SMILES string of the molecule is Cc1ccc(CN2C(=O)CCC2c2nc(C3(N)CCC3)no2)cc1. The van der Waals surface area contributed by atoms with E-state index in [1.54, 1.807) is 0 Å². The summed E-state index contributed by atoms with van der Waals surface area (Å²) in [7, 11) is 0. The number of aryl methyl sites for hydroxylation is 1. The minimum absolute atomic E-state index is 0.131. The highest BCUT2D eigenvalue weighted by molar-refractivity contribution is 5.78. The van der Waals surface area contributed by atoms with E-state index in [0.717, 1.165) is 24.8 Å². The third-order valence-electron chi connectivity index (χ3n) is 5.22. The van der Waals surface area contributed by atoms with Gasteiger partial charge in [0.25, 0.3) is 0 Å². The van der Waals surface area contributed by atoms with Gasteiger partial charge in [-0.15, -0.1) is 0 Å². The molecule has 1 aliphatic carbocycles. The molecule has 0 spiro atoms. The molecule has 1 unspecified atom stereocenters. The Labute approximate surface area is 141 Å². The zero-order valence-electron chi connectivity index (χ0n) is 13.9. The van der Waals surface area contributed by atoms with E-state index in [4.69, 9.17) is 10.3 Å². The molecule has 24 heavy (non-hydrogen) atoms. The summed E-state index contributed by atoms with van der Waals surface area (Å²) in [5, 5.41) is 4.08. The molecule has 2 aliphatic rings. The molecule has 1 amide bonds. The van der Waals surface area contributed by atoms with E-state index in [1.165, 1.54) is 5.56 Å². The van der Waals surface area contributed by atoms with E-state index in [-0.39, 0.29) is 11.9 Å². The molecule has 1 atom stereocenters. The van der Waals surface area contributed by atoms with Gasteiger partial charge in [0.15, 0.2) is 5.82 Å². The van der Waals surface area contributed by atoms with Crippen molar-refractivity contribution in [2.75, 3.05) is 0 Å². The van der Waals surface area contributed by atoms with E-state index >= 15 is 0 Å². The molecule has 2 N–H and O–H groups in total. The smallest absolute Gasteiger partial charge is 0.249 e. The Balaban J connectivity index is 1.55. The Bertz CT molecular complexity index is 749. The van der Waals surface area contributed by atoms with Crippen LogP contribution in [0, 0.1) is 6.92 Å². The molecule has 4 rings (SSSR count). The van der Waals surface area contributed by atoms with E-state index in [2.05, 4.69) is 41.3 Å². The second-order valence-corrected chi connectivity index (χ2v) is 7.03. The predicted molar refractivity (Wildman–Crippen MR) is 87.7 cm³/mol. The van der Waals surface area contributed by atoms with Crippen molar-refractivity contribution in [2.24, 2.45) is 5.73 Å². The van der Waals surface area contributed by atoms with Gasteiger partial charge in [-0.1, -0.05) is 35.0 Å². The summed E-state index contributed by atoms with van der Waals surface area (Å²) in [6.45, 7) is 2.62. The minimum atomic E-state index is -0.438.